The number of hydrogen-bond donors (Lipinski definition) is 1. The topological polar surface area (TPSA) is 42.0 Å². The van der Waals surface area contributed by atoms with E-state index in [1.807, 2.05) is 0 Å². The fourth-order valence-corrected chi connectivity index (χ4v) is 2.56. The first-order chi connectivity index (χ1) is 9.81. The Balaban J connectivity index is 2.37. The summed E-state index contributed by atoms with van der Waals surface area (Å²) in [5.41, 5.74) is -0.290. The fraction of sp³-hybridized carbons (Fsp3) is 0. The predicted molar refractivity (Wildman–Crippen MR) is 86.3 cm³/mol. The number of nitrogens with zero attached hydrogens (tertiary/aromatic N) is 1. The second-order valence-electron chi connectivity index (χ2n) is 3.77. The van der Waals surface area contributed by atoms with Crippen LogP contribution in [0, 0.1) is 5.82 Å². The van der Waals surface area contributed by atoms with Crippen LogP contribution in [0.1, 0.15) is 10.5 Å². The highest BCUT2D eigenvalue weighted by atomic mass is 79.9. The zero-order chi connectivity index (χ0) is 15.7. The molecule has 0 bridgehead atoms. The monoisotopic (exact) mass is 430 g/mol. The Hall–Kier alpha value is -0.590. The van der Waals surface area contributed by atoms with Gasteiger partial charge in [0, 0.05) is 4.47 Å². The molecule has 2 rings (SSSR count). The summed E-state index contributed by atoms with van der Waals surface area (Å²) in [6, 6.07) is 4.15. The molecule has 0 saturated carbocycles. The summed E-state index contributed by atoms with van der Waals surface area (Å²) in [6.45, 7) is 0. The van der Waals surface area contributed by atoms with Crippen molar-refractivity contribution in [3.05, 3.63) is 54.4 Å². The molecular formula is C12H4BrCl4FN2O. The Morgan fingerprint density at radius 3 is 2.43 bits per heavy atom. The largest absolute Gasteiger partial charge is 0.318 e. The first-order valence-electron chi connectivity index (χ1n) is 5.27. The standard InChI is InChI=1S/C12H4BrCl4FN2O/c13-4-1-2-6(5(18)3-4)19-12(21)10-8(15)7(14)9(16)11(17)20-10/h1-3H,(H,19,21). The summed E-state index contributed by atoms with van der Waals surface area (Å²) in [4.78, 5) is 15.8. The molecule has 21 heavy (non-hydrogen) atoms. The summed E-state index contributed by atoms with van der Waals surface area (Å²) in [5, 5.41) is 1.83. The van der Waals surface area contributed by atoms with Crippen molar-refractivity contribution in [1.82, 2.24) is 4.98 Å². The Bertz CT molecular complexity index is 742. The van der Waals surface area contributed by atoms with Crippen LogP contribution in [0.5, 0.6) is 0 Å². The van der Waals surface area contributed by atoms with Gasteiger partial charge in [0.15, 0.2) is 0 Å². The molecule has 110 valence electrons. The first-order valence-corrected chi connectivity index (χ1v) is 7.58. The molecule has 0 atom stereocenters. The lowest BCUT2D eigenvalue weighted by Crippen LogP contribution is -2.15. The van der Waals surface area contributed by atoms with Crippen LogP contribution >= 0.6 is 62.3 Å². The first kappa shape index (κ1) is 16.8. The van der Waals surface area contributed by atoms with E-state index in [0.29, 0.717) is 4.47 Å². The van der Waals surface area contributed by atoms with E-state index in [1.54, 1.807) is 6.07 Å². The molecule has 1 aromatic carbocycles. The van der Waals surface area contributed by atoms with Crippen molar-refractivity contribution in [3.63, 3.8) is 0 Å². The molecular weight excluding hydrogens is 429 g/mol. The van der Waals surface area contributed by atoms with E-state index in [4.69, 9.17) is 46.4 Å². The number of halogens is 6. The van der Waals surface area contributed by atoms with Crippen molar-refractivity contribution in [2.45, 2.75) is 0 Å². The molecule has 0 unspecified atom stereocenters. The van der Waals surface area contributed by atoms with Gasteiger partial charge in [-0.3, -0.25) is 4.79 Å². The SMILES string of the molecule is O=C(Nc1ccc(Br)cc1F)c1nc(Cl)c(Cl)c(Cl)c1Cl. The fourth-order valence-electron chi connectivity index (χ4n) is 1.41. The van der Waals surface area contributed by atoms with Crippen molar-refractivity contribution < 1.29 is 9.18 Å². The molecule has 0 aliphatic heterocycles. The molecule has 1 amide bonds. The molecule has 0 saturated heterocycles. The summed E-state index contributed by atoms with van der Waals surface area (Å²) in [5.74, 6) is -1.39. The number of nitrogens with one attached hydrogen (secondary N) is 1. The highest BCUT2D eigenvalue weighted by molar-refractivity contribution is 9.10. The molecule has 0 radical (unpaired) electrons. The number of pyridine rings is 1. The maximum Gasteiger partial charge on any atom is 0.276 e. The number of carbonyl (C=O) groups is 1. The average Bonchev–Trinajstić information content (AvgIpc) is 2.43. The van der Waals surface area contributed by atoms with Crippen LogP contribution in [-0.2, 0) is 0 Å². The number of carbonyl (C=O) groups excluding carboxylic acids is 1. The Morgan fingerprint density at radius 1 is 1.14 bits per heavy atom. The quantitative estimate of drug-likeness (QED) is 0.605. The van der Waals surface area contributed by atoms with E-state index in [1.165, 1.54) is 12.1 Å². The van der Waals surface area contributed by atoms with Gasteiger partial charge < -0.3 is 5.32 Å². The van der Waals surface area contributed by atoms with Gasteiger partial charge in [-0.2, -0.15) is 0 Å². The lowest BCUT2D eigenvalue weighted by Gasteiger charge is -2.09. The van der Waals surface area contributed by atoms with Gasteiger partial charge in [-0.15, -0.1) is 0 Å². The zero-order valence-corrected chi connectivity index (χ0v) is 14.5. The summed E-state index contributed by atoms with van der Waals surface area (Å²) >= 11 is 26.3. The zero-order valence-electron chi connectivity index (χ0n) is 9.86. The number of aromatic nitrogens is 1. The van der Waals surface area contributed by atoms with Gasteiger partial charge in [-0.1, -0.05) is 62.3 Å². The maximum absolute atomic E-state index is 13.7. The van der Waals surface area contributed by atoms with Crippen molar-refractivity contribution in [2.75, 3.05) is 5.32 Å². The smallest absolute Gasteiger partial charge is 0.276 e. The Kier molecular flexibility index (Phi) is 5.33. The third-order valence-corrected chi connectivity index (χ3v) is 4.55. The number of benzene rings is 1. The van der Waals surface area contributed by atoms with Crippen LogP contribution < -0.4 is 5.32 Å². The molecule has 3 nitrogen and oxygen atoms in total. The van der Waals surface area contributed by atoms with Gasteiger partial charge in [0.2, 0.25) is 0 Å². The second-order valence-corrected chi connectivity index (χ2v) is 6.18. The van der Waals surface area contributed by atoms with Crippen LogP contribution in [0.4, 0.5) is 10.1 Å². The van der Waals surface area contributed by atoms with Gasteiger partial charge in [0.05, 0.1) is 20.8 Å². The molecule has 0 spiro atoms. The third kappa shape index (κ3) is 3.60. The van der Waals surface area contributed by atoms with E-state index in [0.717, 1.165) is 0 Å². The normalized spacial score (nSPS) is 10.6. The van der Waals surface area contributed by atoms with Crippen molar-refractivity contribution in [1.29, 1.82) is 0 Å². The van der Waals surface area contributed by atoms with E-state index < -0.39 is 11.7 Å². The number of rotatable bonds is 2. The maximum atomic E-state index is 13.7. The van der Waals surface area contributed by atoms with Crippen LogP contribution in [0.2, 0.25) is 20.2 Å². The van der Waals surface area contributed by atoms with Gasteiger partial charge >= 0.3 is 0 Å². The Labute approximate surface area is 147 Å². The molecule has 1 heterocycles. The van der Waals surface area contributed by atoms with Crippen LogP contribution in [0.3, 0.4) is 0 Å². The molecule has 0 aliphatic carbocycles. The third-order valence-electron chi connectivity index (χ3n) is 2.38. The van der Waals surface area contributed by atoms with Crippen LogP contribution in [0.25, 0.3) is 0 Å². The lowest BCUT2D eigenvalue weighted by atomic mass is 10.2. The van der Waals surface area contributed by atoms with Crippen molar-refractivity contribution in [3.8, 4) is 0 Å². The van der Waals surface area contributed by atoms with Gasteiger partial charge in [-0.25, -0.2) is 9.37 Å². The molecule has 9 heteroatoms. The molecule has 1 N–H and O–H groups in total. The van der Waals surface area contributed by atoms with Crippen LogP contribution in [-0.4, -0.2) is 10.9 Å². The minimum Gasteiger partial charge on any atom is -0.318 e. The summed E-state index contributed by atoms with van der Waals surface area (Å²) < 4.78 is 14.2. The van der Waals surface area contributed by atoms with E-state index in [2.05, 4.69) is 26.2 Å². The van der Waals surface area contributed by atoms with Crippen LogP contribution in [0.15, 0.2) is 22.7 Å². The molecule has 0 aliphatic rings. The highest BCUT2D eigenvalue weighted by Crippen LogP contribution is 2.36. The lowest BCUT2D eigenvalue weighted by molar-refractivity contribution is 0.102. The molecule has 1 aromatic heterocycles. The second kappa shape index (κ2) is 6.67. The van der Waals surface area contributed by atoms with Crippen molar-refractivity contribution >= 4 is 73.9 Å². The Morgan fingerprint density at radius 2 is 1.81 bits per heavy atom. The summed E-state index contributed by atoms with van der Waals surface area (Å²) in [7, 11) is 0. The minimum absolute atomic E-state index is 0.0386. The van der Waals surface area contributed by atoms with E-state index in [-0.39, 0.29) is 31.6 Å². The highest BCUT2D eigenvalue weighted by Gasteiger charge is 2.21. The van der Waals surface area contributed by atoms with E-state index in [9.17, 15) is 9.18 Å². The molecule has 2 aromatic rings. The molecule has 0 fully saturated rings. The number of hydrogen-bond acceptors (Lipinski definition) is 2. The van der Waals surface area contributed by atoms with Gasteiger partial charge in [-0.05, 0) is 18.2 Å². The minimum atomic E-state index is -0.762. The average molecular weight is 433 g/mol. The number of anilines is 1. The van der Waals surface area contributed by atoms with E-state index >= 15 is 0 Å². The predicted octanol–water partition coefficient (Wildman–Crippen LogP) is 5.85. The summed E-state index contributed by atoms with van der Waals surface area (Å²) in [6.07, 6.45) is 0. The van der Waals surface area contributed by atoms with Gasteiger partial charge in [0.25, 0.3) is 5.91 Å². The van der Waals surface area contributed by atoms with Crippen molar-refractivity contribution in [2.24, 2.45) is 0 Å². The van der Waals surface area contributed by atoms with Gasteiger partial charge in [0.1, 0.15) is 16.7 Å². The number of amides is 1.